The molecule has 0 saturated heterocycles. The molecule has 0 aliphatic carbocycles. The fourth-order valence-corrected chi connectivity index (χ4v) is 5.12. The molecule has 30 heavy (non-hydrogen) atoms. The van der Waals surface area contributed by atoms with Crippen LogP contribution in [0.25, 0.3) is 0 Å². The Kier molecular flexibility index (Phi) is 24.1. The molecule has 0 heterocycles. The largest absolute Gasteiger partial charge is 0.0628 e. The Bertz CT molecular complexity index is 239. The Hall–Kier alpha value is 0. The second kappa shape index (κ2) is 20.9. The first-order chi connectivity index (χ1) is 13.6. The van der Waals surface area contributed by atoms with E-state index in [0.717, 1.165) is 53.3 Å². The summed E-state index contributed by atoms with van der Waals surface area (Å²) in [6.07, 6.45) is 8.32. The fourth-order valence-electron chi connectivity index (χ4n) is 5.12. The lowest BCUT2D eigenvalue weighted by atomic mass is 9.91. The lowest BCUT2D eigenvalue weighted by molar-refractivity contribution is 0.368. The van der Waals surface area contributed by atoms with Crippen LogP contribution in [0.15, 0.2) is 0 Å². The maximum atomic E-state index is 2.36. The molecule has 0 rings (SSSR count). The molecule has 186 valence electrons. The molecule has 0 heteroatoms. The molecule has 0 nitrogen and oxygen atoms in total. The first-order valence-electron chi connectivity index (χ1n) is 13.6. The van der Waals surface area contributed by atoms with Gasteiger partial charge in [0.2, 0.25) is 0 Å². The number of hydrogen-bond acceptors (Lipinski definition) is 0. The van der Waals surface area contributed by atoms with Crippen LogP contribution in [0.1, 0.15) is 142 Å². The Morgan fingerprint density at radius 1 is 0.233 bits per heavy atom. The lowest BCUT2D eigenvalue weighted by Crippen LogP contribution is -2.03. The minimum atomic E-state index is 0.869. The van der Waals surface area contributed by atoms with Crippen LogP contribution >= 0.6 is 0 Å². The minimum absolute atomic E-state index is 0.869. The Balaban J connectivity index is -0.000000364. The summed E-state index contributed by atoms with van der Waals surface area (Å²) in [4.78, 5) is 0. The van der Waals surface area contributed by atoms with Gasteiger partial charge in [-0.3, -0.25) is 0 Å². The predicted octanol–water partition coefficient (Wildman–Crippen LogP) is 11.1. The highest BCUT2D eigenvalue weighted by atomic mass is 14.1. The molecule has 0 amide bonds. The topological polar surface area (TPSA) is 0 Å². The maximum absolute atomic E-state index is 2.36. The molecule has 0 aliphatic heterocycles. The summed E-state index contributed by atoms with van der Waals surface area (Å²) in [5.41, 5.74) is 0. The Labute approximate surface area is 195 Å². The van der Waals surface area contributed by atoms with E-state index in [-0.39, 0.29) is 0 Å². The lowest BCUT2D eigenvalue weighted by Gasteiger charge is -2.15. The summed E-state index contributed by atoms with van der Waals surface area (Å²) in [6.45, 7) is 34.7. The van der Waals surface area contributed by atoms with Crippen LogP contribution in [-0.2, 0) is 0 Å². The van der Waals surface area contributed by atoms with Gasteiger partial charge in [-0.2, -0.15) is 0 Å². The zero-order valence-corrected chi connectivity index (χ0v) is 24.4. The normalized spacial score (nSPS) is 12.0. The standard InChI is InChI=1S/3C10H22/c3*1-8(2)6-10(5)7-9(3)4/h3*8-10H,6-7H2,1-5H3. The third-order valence-corrected chi connectivity index (χ3v) is 5.24. The van der Waals surface area contributed by atoms with Gasteiger partial charge >= 0.3 is 0 Å². The van der Waals surface area contributed by atoms with Crippen LogP contribution in [0.3, 0.4) is 0 Å². The summed E-state index contributed by atoms with van der Waals surface area (Å²) in [5.74, 6) is 7.97. The van der Waals surface area contributed by atoms with Crippen LogP contribution < -0.4 is 0 Å². The predicted molar refractivity (Wildman–Crippen MR) is 144 cm³/mol. The van der Waals surface area contributed by atoms with E-state index < -0.39 is 0 Å². The van der Waals surface area contributed by atoms with Crippen molar-refractivity contribution in [2.75, 3.05) is 0 Å². The molecule has 0 radical (unpaired) electrons. The van der Waals surface area contributed by atoms with Gasteiger partial charge in [-0.1, -0.05) is 104 Å². The van der Waals surface area contributed by atoms with Crippen molar-refractivity contribution in [2.24, 2.45) is 53.3 Å². The monoisotopic (exact) mass is 427 g/mol. The van der Waals surface area contributed by atoms with Crippen LogP contribution in [0, 0.1) is 53.3 Å². The third kappa shape index (κ3) is 35.4. The van der Waals surface area contributed by atoms with Gasteiger partial charge < -0.3 is 0 Å². The van der Waals surface area contributed by atoms with Crippen molar-refractivity contribution < 1.29 is 0 Å². The van der Waals surface area contributed by atoms with Crippen molar-refractivity contribution in [3.05, 3.63) is 0 Å². The van der Waals surface area contributed by atoms with Crippen molar-refractivity contribution in [2.45, 2.75) is 142 Å². The zero-order valence-electron chi connectivity index (χ0n) is 24.4. The highest BCUT2D eigenvalue weighted by molar-refractivity contribution is 4.59. The van der Waals surface area contributed by atoms with E-state index in [0.29, 0.717) is 0 Å². The second-order valence-corrected chi connectivity index (χ2v) is 13.1. The molecule has 0 aromatic rings. The molecular formula is C30H66. The van der Waals surface area contributed by atoms with Crippen LogP contribution in [0.4, 0.5) is 0 Å². The Morgan fingerprint density at radius 3 is 0.400 bits per heavy atom. The third-order valence-electron chi connectivity index (χ3n) is 5.24. The van der Waals surface area contributed by atoms with E-state index in [9.17, 15) is 0 Å². The second-order valence-electron chi connectivity index (χ2n) is 13.1. The Morgan fingerprint density at radius 2 is 0.333 bits per heavy atom. The van der Waals surface area contributed by atoms with Gasteiger partial charge in [0.25, 0.3) is 0 Å². The van der Waals surface area contributed by atoms with Crippen molar-refractivity contribution in [1.29, 1.82) is 0 Å². The first-order valence-corrected chi connectivity index (χ1v) is 13.6. The van der Waals surface area contributed by atoms with Gasteiger partial charge in [-0.15, -0.1) is 0 Å². The van der Waals surface area contributed by atoms with E-state index in [1.165, 1.54) is 38.5 Å². The van der Waals surface area contributed by atoms with Crippen molar-refractivity contribution in [3.8, 4) is 0 Å². The highest BCUT2D eigenvalue weighted by Gasteiger charge is 2.07. The fraction of sp³-hybridized carbons (Fsp3) is 1.00. The van der Waals surface area contributed by atoms with Gasteiger partial charge in [0, 0.05) is 0 Å². The van der Waals surface area contributed by atoms with Crippen LogP contribution in [-0.4, -0.2) is 0 Å². The van der Waals surface area contributed by atoms with Crippen molar-refractivity contribution >= 4 is 0 Å². The van der Waals surface area contributed by atoms with Crippen LogP contribution in [0.5, 0.6) is 0 Å². The van der Waals surface area contributed by atoms with Crippen molar-refractivity contribution in [3.63, 3.8) is 0 Å². The molecular weight excluding hydrogens is 360 g/mol. The summed E-state index contributed by atoms with van der Waals surface area (Å²) < 4.78 is 0. The van der Waals surface area contributed by atoms with Gasteiger partial charge in [0.1, 0.15) is 0 Å². The van der Waals surface area contributed by atoms with E-state index in [2.05, 4.69) is 104 Å². The molecule has 0 bridgehead atoms. The summed E-state index contributed by atoms with van der Waals surface area (Å²) in [6, 6.07) is 0. The smallest absolute Gasteiger partial charge is 0.0438 e. The molecule has 0 spiro atoms. The zero-order chi connectivity index (χ0) is 24.4. The van der Waals surface area contributed by atoms with E-state index in [1.54, 1.807) is 0 Å². The SMILES string of the molecule is CC(C)CC(C)CC(C)C.CC(C)CC(C)CC(C)C.CC(C)CC(C)CC(C)C. The van der Waals surface area contributed by atoms with Gasteiger partial charge in [0.05, 0.1) is 0 Å². The molecule has 0 fully saturated rings. The summed E-state index contributed by atoms with van der Waals surface area (Å²) >= 11 is 0. The van der Waals surface area contributed by atoms with Gasteiger partial charge in [-0.05, 0) is 91.8 Å². The molecule has 0 N–H and O–H groups in total. The minimum Gasteiger partial charge on any atom is -0.0628 e. The average Bonchev–Trinajstić information content (AvgIpc) is 2.42. The first kappa shape index (κ1) is 34.6. The van der Waals surface area contributed by atoms with Gasteiger partial charge in [-0.25, -0.2) is 0 Å². The van der Waals surface area contributed by atoms with Crippen LogP contribution in [0.2, 0.25) is 0 Å². The van der Waals surface area contributed by atoms with Gasteiger partial charge in [0.15, 0.2) is 0 Å². The maximum Gasteiger partial charge on any atom is -0.0438 e. The average molecular weight is 427 g/mol. The molecule has 0 aliphatic rings. The van der Waals surface area contributed by atoms with E-state index >= 15 is 0 Å². The number of rotatable bonds is 12. The quantitative estimate of drug-likeness (QED) is 0.291. The molecule has 0 aromatic heterocycles. The molecule has 0 saturated carbocycles. The summed E-state index contributed by atoms with van der Waals surface area (Å²) in [5, 5.41) is 0. The molecule has 0 aromatic carbocycles. The van der Waals surface area contributed by atoms with E-state index in [4.69, 9.17) is 0 Å². The number of hydrogen-bond donors (Lipinski definition) is 0. The van der Waals surface area contributed by atoms with E-state index in [1.807, 2.05) is 0 Å². The molecule has 0 unspecified atom stereocenters. The van der Waals surface area contributed by atoms with Crippen molar-refractivity contribution in [1.82, 2.24) is 0 Å². The highest BCUT2D eigenvalue weighted by Crippen LogP contribution is 2.20. The summed E-state index contributed by atoms with van der Waals surface area (Å²) in [7, 11) is 0. The molecule has 0 atom stereocenters.